The smallest absolute Gasteiger partial charge is 0.242 e. The van der Waals surface area contributed by atoms with Crippen LogP contribution in [0, 0.1) is 13.8 Å². The van der Waals surface area contributed by atoms with Crippen LogP contribution in [0.5, 0.6) is 0 Å². The summed E-state index contributed by atoms with van der Waals surface area (Å²) in [5.74, 6) is -0.383. The molecule has 0 saturated heterocycles. The number of aryl methyl sites for hydroxylation is 2. The van der Waals surface area contributed by atoms with E-state index >= 15 is 0 Å². The molecule has 2 amide bonds. The Bertz CT molecular complexity index is 1100. The van der Waals surface area contributed by atoms with Gasteiger partial charge < -0.3 is 10.2 Å². The minimum absolute atomic E-state index is 0.0134. The molecule has 0 spiro atoms. The standard InChI is InChI=1S/C27H39N3O4S/c1-7-22(4)28-27(32)23(5)29(19-24-12-9-8-10-13-24)26(31)14-11-17-30(35(6,33)34)25-18-20(2)15-16-21(25)3/h8-10,12-13,15-16,18,22-23H,7,11,14,17,19H2,1-6H3,(H,28,32). The summed E-state index contributed by atoms with van der Waals surface area (Å²) in [6.45, 7) is 9.94. The number of amides is 2. The molecule has 2 aromatic rings. The summed E-state index contributed by atoms with van der Waals surface area (Å²) < 4.78 is 26.5. The normalized spacial score (nSPS) is 13.1. The summed E-state index contributed by atoms with van der Waals surface area (Å²) in [6.07, 6.45) is 2.44. The highest BCUT2D eigenvalue weighted by molar-refractivity contribution is 7.92. The zero-order valence-electron chi connectivity index (χ0n) is 21.7. The molecule has 0 bridgehead atoms. The van der Waals surface area contributed by atoms with Crippen molar-refractivity contribution in [3.8, 4) is 0 Å². The SMILES string of the molecule is CCC(C)NC(=O)C(C)N(Cc1ccccc1)C(=O)CCCN(c1cc(C)ccc1C)S(C)(=O)=O. The number of rotatable bonds is 12. The molecule has 0 aliphatic rings. The van der Waals surface area contributed by atoms with Crippen molar-refractivity contribution in [2.24, 2.45) is 0 Å². The van der Waals surface area contributed by atoms with E-state index in [4.69, 9.17) is 0 Å². The molecule has 35 heavy (non-hydrogen) atoms. The lowest BCUT2D eigenvalue weighted by Gasteiger charge is -2.30. The fourth-order valence-corrected chi connectivity index (χ4v) is 4.81. The molecule has 0 aliphatic heterocycles. The molecule has 8 heteroatoms. The van der Waals surface area contributed by atoms with E-state index in [1.807, 2.05) is 76.2 Å². The molecular weight excluding hydrogens is 462 g/mol. The summed E-state index contributed by atoms with van der Waals surface area (Å²) in [4.78, 5) is 27.7. The van der Waals surface area contributed by atoms with E-state index in [2.05, 4.69) is 5.32 Å². The molecule has 192 valence electrons. The van der Waals surface area contributed by atoms with Crippen molar-refractivity contribution in [1.29, 1.82) is 0 Å². The Kier molecular flexibility index (Phi) is 10.3. The molecule has 2 rings (SSSR count). The van der Waals surface area contributed by atoms with E-state index in [9.17, 15) is 18.0 Å². The third-order valence-corrected chi connectivity index (χ3v) is 7.33. The Hall–Kier alpha value is -2.87. The van der Waals surface area contributed by atoms with Crippen LogP contribution in [-0.2, 0) is 26.2 Å². The number of hydrogen-bond acceptors (Lipinski definition) is 4. The van der Waals surface area contributed by atoms with Crippen molar-refractivity contribution in [2.75, 3.05) is 17.1 Å². The Morgan fingerprint density at radius 3 is 2.29 bits per heavy atom. The minimum atomic E-state index is -3.53. The summed E-state index contributed by atoms with van der Waals surface area (Å²) in [7, 11) is -3.53. The maximum atomic E-state index is 13.3. The highest BCUT2D eigenvalue weighted by Crippen LogP contribution is 2.24. The minimum Gasteiger partial charge on any atom is -0.352 e. The molecule has 0 fully saturated rings. The molecule has 2 unspecified atom stereocenters. The first-order chi connectivity index (χ1) is 16.4. The van der Waals surface area contributed by atoms with E-state index < -0.39 is 16.1 Å². The molecule has 1 N–H and O–H groups in total. The van der Waals surface area contributed by atoms with E-state index in [1.54, 1.807) is 11.8 Å². The van der Waals surface area contributed by atoms with Gasteiger partial charge in [-0.15, -0.1) is 0 Å². The van der Waals surface area contributed by atoms with E-state index in [1.165, 1.54) is 10.6 Å². The molecule has 0 aromatic heterocycles. The molecule has 7 nitrogen and oxygen atoms in total. The number of carbonyl (C=O) groups is 2. The van der Waals surface area contributed by atoms with Crippen LogP contribution in [0.15, 0.2) is 48.5 Å². The predicted molar refractivity (Wildman–Crippen MR) is 142 cm³/mol. The van der Waals surface area contributed by atoms with Gasteiger partial charge in [-0.05, 0) is 63.3 Å². The van der Waals surface area contributed by atoms with Crippen LogP contribution in [0.2, 0.25) is 0 Å². The maximum Gasteiger partial charge on any atom is 0.242 e. The summed E-state index contributed by atoms with van der Waals surface area (Å²) >= 11 is 0. The second-order valence-electron chi connectivity index (χ2n) is 9.23. The van der Waals surface area contributed by atoms with Crippen molar-refractivity contribution in [3.63, 3.8) is 0 Å². The predicted octanol–water partition coefficient (Wildman–Crippen LogP) is 4.18. The second kappa shape index (κ2) is 12.7. The van der Waals surface area contributed by atoms with Gasteiger partial charge in [0.2, 0.25) is 21.8 Å². The van der Waals surface area contributed by atoms with Gasteiger partial charge in [-0.3, -0.25) is 13.9 Å². The highest BCUT2D eigenvalue weighted by atomic mass is 32.2. The quantitative estimate of drug-likeness (QED) is 0.473. The summed E-state index contributed by atoms with van der Waals surface area (Å²) in [5.41, 5.74) is 3.37. The Labute approximate surface area is 210 Å². The Balaban J connectivity index is 2.18. The first-order valence-corrected chi connectivity index (χ1v) is 14.0. The fourth-order valence-electron chi connectivity index (χ4n) is 3.80. The summed E-state index contributed by atoms with van der Waals surface area (Å²) in [6, 6.07) is 14.6. The monoisotopic (exact) mass is 501 g/mol. The largest absolute Gasteiger partial charge is 0.352 e. The number of benzene rings is 2. The lowest BCUT2D eigenvalue weighted by molar-refractivity contribution is -0.140. The van der Waals surface area contributed by atoms with Crippen molar-refractivity contribution in [2.45, 2.75) is 72.5 Å². The number of anilines is 1. The molecule has 0 heterocycles. The first kappa shape index (κ1) is 28.4. The van der Waals surface area contributed by atoms with E-state index in [0.717, 1.165) is 23.1 Å². The Morgan fingerprint density at radius 2 is 1.69 bits per heavy atom. The Morgan fingerprint density at radius 1 is 1.03 bits per heavy atom. The van der Waals surface area contributed by atoms with Crippen LogP contribution in [-0.4, -0.2) is 50.0 Å². The lowest BCUT2D eigenvalue weighted by Crippen LogP contribution is -2.49. The van der Waals surface area contributed by atoms with Gasteiger partial charge in [-0.25, -0.2) is 8.42 Å². The van der Waals surface area contributed by atoms with Gasteiger partial charge in [-0.1, -0.05) is 49.4 Å². The number of carbonyl (C=O) groups excluding carboxylic acids is 2. The van der Waals surface area contributed by atoms with Crippen molar-refractivity contribution < 1.29 is 18.0 Å². The highest BCUT2D eigenvalue weighted by Gasteiger charge is 2.27. The molecule has 0 radical (unpaired) electrons. The van der Waals surface area contributed by atoms with Crippen molar-refractivity contribution >= 4 is 27.5 Å². The molecule has 0 aliphatic carbocycles. The molecule has 2 aromatic carbocycles. The topological polar surface area (TPSA) is 86.8 Å². The van der Waals surface area contributed by atoms with Gasteiger partial charge in [0.1, 0.15) is 6.04 Å². The van der Waals surface area contributed by atoms with Crippen molar-refractivity contribution in [1.82, 2.24) is 10.2 Å². The first-order valence-electron chi connectivity index (χ1n) is 12.1. The lowest BCUT2D eigenvalue weighted by atomic mass is 10.1. The van der Waals surface area contributed by atoms with Crippen molar-refractivity contribution in [3.05, 3.63) is 65.2 Å². The van der Waals surface area contributed by atoms with Gasteiger partial charge in [0.25, 0.3) is 0 Å². The molecule has 2 atom stereocenters. The molecule has 0 saturated carbocycles. The van der Waals surface area contributed by atoms with Crippen LogP contribution in [0.25, 0.3) is 0 Å². The van der Waals surface area contributed by atoms with Crippen LogP contribution in [0.4, 0.5) is 5.69 Å². The maximum absolute atomic E-state index is 13.3. The van der Waals surface area contributed by atoms with Gasteiger partial charge in [0, 0.05) is 25.6 Å². The zero-order valence-corrected chi connectivity index (χ0v) is 22.6. The van der Waals surface area contributed by atoms with Crippen LogP contribution in [0.1, 0.15) is 56.7 Å². The van der Waals surface area contributed by atoms with E-state index in [0.29, 0.717) is 18.7 Å². The van der Waals surface area contributed by atoms with Crippen LogP contribution >= 0.6 is 0 Å². The zero-order chi connectivity index (χ0) is 26.2. The second-order valence-corrected chi connectivity index (χ2v) is 11.1. The van der Waals surface area contributed by atoms with E-state index in [-0.39, 0.29) is 30.8 Å². The third-order valence-electron chi connectivity index (χ3n) is 6.15. The number of hydrogen-bond donors (Lipinski definition) is 1. The van der Waals surface area contributed by atoms with Gasteiger partial charge in [-0.2, -0.15) is 0 Å². The average Bonchev–Trinajstić information content (AvgIpc) is 2.81. The summed E-state index contributed by atoms with van der Waals surface area (Å²) in [5, 5.41) is 2.96. The average molecular weight is 502 g/mol. The third kappa shape index (κ3) is 8.38. The number of nitrogens with zero attached hydrogens (tertiary/aromatic N) is 2. The van der Waals surface area contributed by atoms with Gasteiger partial charge in [0.15, 0.2) is 0 Å². The number of sulfonamides is 1. The van der Waals surface area contributed by atoms with Gasteiger partial charge in [0.05, 0.1) is 11.9 Å². The van der Waals surface area contributed by atoms with Crippen LogP contribution < -0.4 is 9.62 Å². The molecular formula is C27H39N3O4S. The number of nitrogens with one attached hydrogen (secondary N) is 1. The van der Waals surface area contributed by atoms with Gasteiger partial charge >= 0.3 is 0 Å². The van der Waals surface area contributed by atoms with Crippen LogP contribution in [0.3, 0.4) is 0 Å². The fraction of sp³-hybridized carbons (Fsp3) is 0.481.